The number of hydrogen-bond donors (Lipinski definition) is 2. The molecule has 0 bridgehead atoms. The maximum atomic E-state index is 12.2. The number of para-hydroxylation sites is 2. The maximum absolute atomic E-state index is 12.2. The van der Waals surface area contributed by atoms with Gasteiger partial charge in [-0.05, 0) is 43.2 Å². The highest BCUT2D eigenvalue weighted by molar-refractivity contribution is 5.92. The van der Waals surface area contributed by atoms with Crippen LogP contribution in [0, 0.1) is 0 Å². The summed E-state index contributed by atoms with van der Waals surface area (Å²) in [5.74, 6) is 0.606. The second-order valence-corrected chi connectivity index (χ2v) is 5.98. The summed E-state index contributed by atoms with van der Waals surface area (Å²) in [6, 6.07) is 21.3. The van der Waals surface area contributed by atoms with Gasteiger partial charge in [0, 0.05) is 6.54 Å². The van der Waals surface area contributed by atoms with Gasteiger partial charge in [-0.3, -0.25) is 4.79 Å². The van der Waals surface area contributed by atoms with Gasteiger partial charge in [-0.15, -0.1) is 0 Å². The summed E-state index contributed by atoms with van der Waals surface area (Å²) in [6.07, 6.45) is 2.44. The molecule has 0 aliphatic carbocycles. The number of amides is 1. The van der Waals surface area contributed by atoms with E-state index in [-0.39, 0.29) is 5.91 Å². The molecule has 0 atom stereocenters. The highest BCUT2D eigenvalue weighted by Gasteiger charge is 2.08. The number of benzene rings is 2. The first-order chi connectivity index (χ1) is 13.3. The van der Waals surface area contributed by atoms with E-state index in [0.717, 1.165) is 23.5 Å². The third-order valence-electron chi connectivity index (χ3n) is 4.00. The van der Waals surface area contributed by atoms with E-state index in [0.29, 0.717) is 18.8 Å². The van der Waals surface area contributed by atoms with Crippen LogP contribution in [-0.4, -0.2) is 24.0 Å². The maximum Gasteiger partial charge on any atom is 0.269 e. The van der Waals surface area contributed by atoms with E-state index in [4.69, 9.17) is 4.74 Å². The van der Waals surface area contributed by atoms with E-state index in [1.807, 2.05) is 67.6 Å². The fourth-order valence-corrected chi connectivity index (χ4v) is 2.66. The molecule has 5 nitrogen and oxygen atoms in total. The minimum Gasteiger partial charge on any atom is -0.492 e. The second-order valence-electron chi connectivity index (χ2n) is 5.98. The van der Waals surface area contributed by atoms with Crippen molar-refractivity contribution in [1.82, 2.24) is 10.3 Å². The Morgan fingerprint density at radius 3 is 2.52 bits per heavy atom. The minimum atomic E-state index is -0.174. The summed E-state index contributed by atoms with van der Waals surface area (Å²) < 4.78 is 5.60. The van der Waals surface area contributed by atoms with Crippen LogP contribution in [-0.2, 0) is 6.42 Å². The summed E-state index contributed by atoms with van der Waals surface area (Å²) in [5, 5.41) is 6.17. The number of carbonyl (C=O) groups excluding carboxylic acids is 1. The van der Waals surface area contributed by atoms with Crippen LogP contribution in [0.2, 0.25) is 0 Å². The predicted molar refractivity (Wildman–Crippen MR) is 108 cm³/mol. The van der Waals surface area contributed by atoms with Gasteiger partial charge in [-0.1, -0.05) is 42.5 Å². The molecule has 0 aliphatic heterocycles. The van der Waals surface area contributed by atoms with E-state index in [1.54, 1.807) is 12.3 Å². The number of anilines is 2. The van der Waals surface area contributed by atoms with Gasteiger partial charge in [-0.25, -0.2) is 4.98 Å². The van der Waals surface area contributed by atoms with Gasteiger partial charge in [0.05, 0.1) is 24.2 Å². The average Bonchev–Trinajstić information content (AvgIpc) is 2.71. The van der Waals surface area contributed by atoms with Crippen LogP contribution in [0.5, 0.6) is 5.75 Å². The molecule has 2 aromatic carbocycles. The van der Waals surface area contributed by atoms with Crippen molar-refractivity contribution in [2.45, 2.75) is 13.3 Å². The molecule has 1 amide bonds. The van der Waals surface area contributed by atoms with Gasteiger partial charge in [0.25, 0.3) is 5.91 Å². The normalized spacial score (nSPS) is 10.3. The van der Waals surface area contributed by atoms with Crippen molar-refractivity contribution < 1.29 is 9.53 Å². The topological polar surface area (TPSA) is 63.2 Å². The Balaban J connectivity index is 1.56. The van der Waals surface area contributed by atoms with E-state index in [2.05, 4.69) is 15.6 Å². The van der Waals surface area contributed by atoms with Crippen molar-refractivity contribution in [3.8, 4) is 5.75 Å². The number of pyridine rings is 1. The lowest BCUT2D eigenvalue weighted by Crippen LogP contribution is -2.26. The fraction of sp³-hybridized carbons (Fsp3) is 0.182. The zero-order chi connectivity index (χ0) is 18.9. The van der Waals surface area contributed by atoms with Crippen LogP contribution in [0.3, 0.4) is 0 Å². The molecule has 3 rings (SSSR count). The molecular formula is C22H23N3O2. The summed E-state index contributed by atoms with van der Waals surface area (Å²) in [7, 11) is 0. The number of hydrogen-bond acceptors (Lipinski definition) is 4. The van der Waals surface area contributed by atoms with Crippen molar-refractivity contribution >= 4 is 17.3 Å². The molecule has 138 valence electrons. The Bertz CT molecular complexity index is 864. The molecular weight excluding hydrogens is 338 g/mol. The first kappa shape index (κ1) is 18.5. The number of nitrogens with one attached hydrogen (secondary N) is 2. The molecule has 1 aromatic heterocycles. The van der Waals surface area contributed by atoms with Crippen LogP contribution in [0.25, 0.3) is 0 Å². The largest absolute Gasteiger partial charge is 0.492 e. The molecule has 0 unspecified atom stereocenters. The molecule has 1 heterocycles. The van der Waals surface area contributed by atoms with Gasteiger partial charge in [0.2, 0.25) is 0 Å². The van der Waals surface area contributed by atoms with Crippen molar-refractivity contribution in [3.05, 3.63) is 84.2 Å². The lowest BCUT2D eigenvalue weighted by molar-refractivity contribution is 0.0949. The molecule has 5 heteroatoms. The van der Waals surface area contributed by atoms with Gasteiger partial charge in [0.1, 0.15) is 11.4 Å². The first-order valence-corrected chi connectivity index (χ1v) is 9.03. The van der Waals surface area contributed by atoms with Crippen molar-refractivity contribution in [2.24, 2.45) is 0 Å². The van der Waals surface area contributed by atoms with Crippen LogP contribution >= 0.6 is 0 Å². The molecule has 0 spiro atoms. The number of ether oxygens (including phenoxy) is 1. The Labute approximate surface area is 159 Å². The van der Waals surface area contributed by atoms with Gasteiger partial charge >= 0.3 is 0 Å². The quantitative estimate of drug-likeness (QED) is 0.631. The van der Waals surface area contributed by atoms with Crippen molar-refractivity contribution in [1.29, 1.82) is 0 Å². The molecule has 27 heavy (non-hydrogen) atoms. The lowest BCUT2D eigenvalue weighted by Gasteiger charge is -2.12. The summed E-state index contributed by atoms with van der Waals surface area (Å²) in [6.45, 7) is 3.12. The summed E-state index contributed by atoms with van der Waals surface area (Å²) >= 11 is 0. The van der Waals surface area contributed by atoms with E-state index in [1.165, 1.54) is 5.56 Å². The third kappa shape index (κ3) is 5.31. The molecule has 3 aromatic rings. The molecule has 2 N–H and O–H groups in total. The number of rotatable bonds is 8. The van der Waals surface area contributed by atoms with Crippen LogP contribution in [0.1, 0.15) is 23.0 Å². The number of nitrogens with zero attached hydrogens (tertiary/aromatic N) is 1. The smallest absolute Gasteiger partial charge is 0.269 e. The van der Waals surface area contributed by atoms with Crippen LogP contribution in [0.4, 0.5) is 11.4 Å². The minimum absolute atomic E-state index is 0.174. The number of carbonyl (C=O) groups is 1. The zero-order valence-corrected chi connectivity index (χ0v) is 15.3. The van der Waals surface area contributed by atoms with Gasteiger partial charge in [-0.2, -0.15) is 0 Å². The summed E-state index contributed by atoms with van der Waals surface area (Å²) in [4.78, 5) is 16.5. The first-order valence-electron chi connectivity index (χ1n) is 9.03. The van der Waals surface area contributed by atoms with E-state index < -0.39 is 0 Å². The van der Waals surface area contributed by atoms with Crippen molar-refractivity contribution in [3.63, 3.8) is 0 Å². The van der Waals surface area contributed by atoms with Crippen molar-refractivity contribution in [2.75, 3.05) is 18.5 Å². The molecule has 0 radical (unpaired) electrons. The predicted octanol–water partition coefficient (Wildman–Crippen LogP) is 4.20. The Kier molecular flexibility index (Phi) is 6.41. The van der Waals surface area contributed by atoms with E-state index >= 15 is 0 Å². The van der Waals surface area contributed by atoms with E-state index in [9.17, 15) is 4.79 Å². The molecule has 0 saturated carbocycles. The molecule has 0 saturated heterocycles. The van der Waals surface area contributed by atoms with Crippen LogP contribution < -0.4 is 15.4 Å². The average molecular weight is 361 g/mol. The lowest BCUT2D eigenvalue weighted by atomic mass is 10.1. The SMILES string of the molecule is CCOc1ccccc1Nc1ccc(C(=O)NCCc2ccccc2)nc1. The Morgan fingerprint density at radius 2 is 1.78 bits per heavy atom. The van der Waals surface area contributed by atoms with Crippen LogP contribution in [0.15, 0.2) is 72.9 Å². The standard InChI is InChI=1S/C22H23N3O2/c1-2-27-21-11-7-6-10-19(21)25-18-12-13-20(24-16-18)22(26)23-15-14-17-8-4-3-5-9-17/h3-13,16,25H,2,14-15H2,1H3,(H,23,26). The molecule has 0 fully saturated rings. The molecule has 0 aliphatic rings. The monoisotopic (exact) mass is 361 g/mol. The third-order valence-corrected chi connectivity index (χ3v) is 4.00. The summed E-state index contributed by atoms with van der Waals surface area (Å²) in [5.41, 5.74) is 3.24. The zero-order valence-electron chi connectivity index (χ0n) is 15.3. The highest BCUT2D eigenvalue weighted by Crippen LogP contribution is 2.27. The fourth-order valence-electron chi connectivity index (χ4n) is 2.66. The van der Waals surface area contributed by atoms with Gasteiger partial charge in [0.15, 0.2) is 0 Å². The second kappa shape index (κ2) is 9.38. The Morgan fingerprint density at radius 1 is 1.00 bits per heavy atom. The highest BCUT2D eigenvalue weighted by atomic mass is 16.5. The Hall–Kier alpha value is -3.34. The number of aromatic nitrogens is 1. The van der Waals surface area contributed by atoms with Gasteiger partial charge < -0.3 is 15.4 Å².